The summed E-state index contributed by atoms with van der Waals surface area (Å²) in [6.45, 7) is 10.6. The van der Waals surface area contributed by atoms with E-state index in [4.69, 9.17) is 0 Å². The second-order valence-corrected chi connectivity index (χ2v) is 3.44. The lowest BCUT2D eigenvalue weighted by atomic mass is 9.93. The van der Waals surface area contributed by atoms with Crippen LogP contribution >= 0.6 is 0 Å². The molecule has 1 heteroatoms. The zero-order chi connectivity index (χ0) is 7.98. The topological polar surface area (TPSA) is 35.0 Å². The summed E-state index contributed by atoms with van der Waals surface area (Å²) >= 11 is 0. The SMILES string of the molecule is C=CCCCC(C)C(C)C.N. The molecule has 68 valence electrons. The van der Waals surface area contributed by atoms with Gasteiger partial charge in [0.2, 0.25) is 0 Å². The van der Waals surface area contributed by atoms with E-state index in [9.17, 15) is 0 Å². The van der Waals surface area contributed by atoms with Gasteiger partial charge in [0.1, 0.15) is 0 Å². The predicted octanol–water partition coefficient (Wildman–Crippen LogP) is 3.80. The van der Waals surface area contributed by atoms with Gasteiger partial charge >= 0.3 is 0 Å². The fourth-order valence-corrected chi connectivity index (χ4v) is 0.917. The lowest BCUT2D eigenvalue weighted by Gasteiger charge is -2.13. The first-order valence-electron chi connectivity index (χ1n) is 4.29. The molecule has 0 aromatic rings. The Hall–Kier alpha value is -0.300. The summed E-state index contributed by atoms with van der Waals surface area (Å²) in [5, 5.41) is 0. The Kier molecular flexibility index (Phi) is 9.44. The summed E-state index contributed by atoms with van der Waals surface area (Å²) in [6.07, 6.45) is 5.84. The van der Waals surface area contributed by atoms with Crippen molar-refractivity contribution < 1.29 is 0 Å². The standard InChI is InChI=1S/C10H20.H3N/c1-5-6-7-8-10(4)9(2)3;/h5,9-10H,1,6-8H2,2-4H3;1H3. The van der Waals surface area contributed by atoms with Gasteiger partial charge < -0.3 is 6.15 Å². The first-order valence-corrected chi connectivity index (χ1v) is 4.29. The van der Waals surface area contributed by atoms with Crippen LogP contribution in [0.3, 0.4) is 0 Å². The minimum atomic E-state index is 0. The van der Waals surface area contributed by atoms with Crippen LogP contribution in [0.5, 0.6) is 0 Å². The monoisotopic (exact) mass is 157 g/mol. The van der Waals surface area contributed by atoms with Gasteiger partial charge in [0.15, 0.2) is 0 Å². The van der Waals surface area contributed by atoms with Crippen LogP contribution in [0.1, 0.15) is 40.0 Å². The third-order valence-electron chi connectivity index (χ3n) is 2.21. The van der Waals surface area contributed by atoms with Crippen molar-refractivity contribution >= 4 is 0 Å². The first kappa shape index (κ1) is 13.3. The Morgan fingerprint density at radius 3 is 2.18 bits per heavy atom. The van der Waals surface area contributed by atoms with E-state index >= 15 is 0 Å². The van der Waals surface area contributed by atoms with Crippen LogP contribution in [0, 0.1) is 11.8 Å². The van der Waals surface area contributed by atoms with Gasteiger partial charge in [-0.3, -0.25) is 0 Å². The Bertz CT molecular complexity index is 86.9. The summed E-state index contributed by atoms with van der Waals surface area (Å²) in [7, 11) is 0. The summed E-state index contributed by atoms with van der Waals surface area (Å²) in [6, 6.07) is 0. The molecule has 0 saturated heterocycles. The molecule has 3 N–H and O–H groups in total. The molecule has 0 aliphatic carbocycles. The van der Waals surface area contributed by atoms with Gasteiger partial charge in [0.05, 0.1) is 0 Å². The molecule has 1 nitrogen and oxygen atoms in total. The van der Waals surface area contributed by atoms with Crippen LogP contribution in [-0.2, 0) is 0 Å². The lowest BCUT2D eigenvalue weighted by Crippen LogP contribution is -2.02. The fraction of sp³-hybridized carbons (Fsp3) is 0.800. The molecule has 0 amide bonds. The second-order valence-electron chi connectivity index (χ2n) is 3.44. The minimum absolute atomic E-state index is 0. The molecule has 0 saturated carbocycles. The van der Waals surface area contributed by atoms with Crippen molar-refractivity contribution in [3.8, 4) is 0 Å². The molecular formula is C10H23N. The molecule has 0 radical (unpaired) electrons. The molecule has 0 aliphatic heterocycles. The van der Waals surface area contributed by atoms with Crippen molar-refractivity contribution in [2.45, 2.75) is 40.0 Å². The second kappa shape index (κ2) is 7.80. The van der Waals surface area contributed by atoms with E-state index in [1.54, 1.807) is 0 Å². The van der Waals surface area contributed by atoms with Gasteiger partial charge in [-0.1, -0.05) is 33.3 Å². The van der Waals surface area contributed by atoms with Gasteiger partial charge in [-0.25, -0.2) is 0 Å². The highest BCUT2D eigenvalue weighted by molar-refractivity contribution is 4.67. The van der Waals surface area contributed by atoms with Gasteiger partial charge in [0.25, 0.3) is 0 Å². The van der Waals surface area contributed by atoms with Crippen molar-refractivity contribution in [2.75, 3.05) is 0 Å². The molecule has 11 heavy (non-hydrogen) atoms. The summed E-state index contributed by atoms with van der Waals surface area (Å²) in [4.78, 5) is 0. The van der Waals surface area contributed by atoms with Crippen LogP contribution in [0.15, 0.2) is 12.7 Å². The van der Waals surface area contributed by atoms with E-state index in [0.29, 0.717) is 0 Å². The average Bonchev–Trinajstić information content (AvgIpc) is 1.88. The normalized spacial score (nSPS) is 12.4. The third-order valence-corrected chi connectivity index (χ3v) is 2.21. The van der Waals surface area contributed by atoms with E-state index in [2.05, 4.69) is 27.4 Å². The zero-order valence-corrected chi connectivity index (χ0v) is 8.27. The van der Waals surface area contributed by atoms with Crippen molar-refractivity contribution in [2.24, 2.45) is 11.8 Å². The highest BCUT2D eigenvalue weighted by Crippen LogP contribution is 2.16. The fourth-order valence-electron chi connectivity index (χ4n) is 0.917. The van der Waals surface area contributed by atoms with E-state index in [1.165, 1.54) is 19.3 Å². The number of rotatable bonds is 5. The molecule has 0 aromatic carbocycles. The highest BCUT2D eigenvalue weighted by Gasteiger charge is 2.04. The van der Waals surface area contributed by atoms with Crippen LogP contribution in [-0.4, -0.2) is 0 Å². The van der Waals surface area contributed by atoms with E-state index in [-0.39, 0.29) is 6.15 Å². The Morgan fingerprint density at radius 1 is 1.27 bits per heavy atom. The highest BCUT2D eigenvalue weighted by atomic mass is 14.1. The molecule has 1 unspecified atom stereocenters. The number of hydrogen-bond donors (Lipinski definition) is 1. The predicted molar refractivity (Wildman–Crippen MR) is 53.1 cm³/mol. The third kappa shape index (κ3) is 7.60. The van der Waals surface area contributed by atoms with Gasteiger partial charge in [0, 0.05) is 0 Å². The number of hydrogen-bond acceptors (Lipinski definition) is 1. The van der Waals surface area contributed by atoms with Crippen LogP contribution in [0.4, 0.5) is 0 Å². The van der Waals surface area contributed by atoms with Gasteiger partial charge in [-0.05, 0) is 24.7 Å². The van der Waals surface area contributed by atoms with E-state index < -0.39 is 0 Å². The smallest absolute Gasteiger partial charge is 0.0353 e. The van der Waals surface area contributed by atoms with Crippen molar-refractivity contribution in [3.05, 3.63) is 12.7 Å². The molecule has 0 fully saturated rings. The Morgan fingerprint density at radius 2 is 1.82 bits per heavy atom. The Labute approximate surface area is 71.5 Å². The molecule has 0 heterocycles. The summed E-state index contributed by atoms with van der Waals surface area (Å²) in [5.74, 6) is 1.71. The van der Waals surface area contributed by atoms with Crippen molar-refractivity contribution in [1.82, 2.24) is 6.15 Å². The Balaban J connectivity index is 0. The quantitative estimate of drug-likeness (QED) is 0.478. The minimum Gasteiger partial charge on any atom is -0.344 e. The van der Waals surface area contributed by atoms with Crippen LogP contribution in [0.25, 0.3) is 0 Å². The van der Waals surface area contributed by atoms with Crippen LogP contribution in [0.2, 0.25) is 0 Å². The van der Waals surface area contributed by atoms with Crippen LogP contribution < -0.4 is 6.15 Å². The van der Waals surface area contributed by atoms with Crippen molar-refractivity contribution in [3.63, 3.8) is 0 Å². The maximum absolute atomic E-state index is 3.70. The molecule has 0 aliphatic rings. The lowest BCUT2D eigenvalue weighted by molar-refractivity contribution is 0.384. The summed E-state index contributed by atoms with van der Waals surface area (Å²) in [5.41, 5.74) is 0. The van der Waals surface area contributed by atoms with E-state index in [0.717, 1.165) is 11.8 Å². The number of allylic oxidation sites excluding steroid dienone is 1. The molecule has 1 atom stereocenters. The average molecular weight is 157 g/mol. The molecule has 0 bridgehead atoms. The molecule has 0 spiro atoms. The van der Waals surface area contributed by atoms with E-state index in [1.807, 2.05) is 6.08 Å². The number of unbranched alkanes of at least 4 members (excludes halogenated alkanes) is 1. The van der Waals surface area contributed by atoms with Crippen molar-refractivity contribution in [1.29, 1.82) is 0 Å². The van der Waals surface area contributed by atoms with Gasteiger partial charge in [-0.15, -0.1) is 6.58 Å². The maximum Gasteiger partial charge on any atom is -0.0353 e. The molecule has 0 rings (SSSR count). The molecule has 0 aromatic heterocycles. The largest absolute Gasteiger partial charge is 0.344 e. The van der Waals surface area contributed by atoms with Gasteiger partial charge in [-0.2, -0.15) is 0 Å². The molecular weight excluding hydrogens is 134 g/mol. The zero-order valence-electron chi connectivity index (χ0n) is 8.27. The first-order chi connectivity index (χ1) is 4.68. The maximum atomic E-state index is 3.70. The summed E-state index contributed by atoms with van der Waals surface area (Å²) < 4.78 is 0.